The average Bonchev–Trinajstić information content (AvgIpc) is 2.34. The number of carbonyl (C=O) groups is 2. The molecule has 2 atom stereocenters. The van der Waals surface area contributed by atoms with Gasteiger partial charge in [0.25, 0.3) is 0 Å². The number of hydrogen-bond donors (Lipinski definition) is 3. The van der Waals surface area contributed by atoms with E-state index in [4.69, 9.17) is 5.11 Å². The van der Waals surface area contributed by atoms with Gasteiger partial charge in [-0.25, -0.2) is 0 Å². The van der Waals surface area contributed by atoms with Crippen molar-refractivity contribution < 1.29 is 14.7 Å². The maximum atomic E-state index is 11.4. The molecule has 0 aliphatic heterocycles. The summed E-state index contributed by atoms with van der Waals surface area (Å²) in [7, 11) is 0. The predicted molar refractivity (Wildman–Crippen MR) is 73.8 cm³/mol. The summed E-state index contributed by atoms with van der Waals surface area (Å²) < 4.78 is 0. The Balaban J connectivity index is 2.20. The van der Waals surface area contributed by atoms with Crippen LogP contribution in [-0.2, 0) is 9.59 Å². The summed E-state index contributed by atoms with van der Waals surface area (Å²) in [4.78, 5) is 22.6. The van der Waals surface area contributed by atoms with Gasteiger partial charge in [0.05, 0.1) is 5.92 Å². The SMILES string of the molecule is CC(C)NC(=O)CCNCC1CCCCC1C(=O)O. The van der Waals surface area contributed by atoms with E-state index in [1.165, 1.54) is 0 Å². The topological polar surface area (TPSA) is 78.4 Å². The molecule has 0 heterocycles. The number of hydrogen-bond acceptors (Lipinski definition) is 3. The Morgan fingerprint density at radius 1 is 1.26 bits per heavy atom. The largest absolute Gasteiger partial charge is 0.481 e. The fraction of sp³-hybridized carbons (Fsp3) is 0.857. The lowest BCUT2D eigenvalue weighted by molar-refractivity contribution is -0.144. The van der Waals surface area contributed by atoms with Gasteiger partial charge in [-0.1, -0.05) is 12.8 Å². The summed E-state index contributed by atoms with van der Waals surface area (Å²) in [6.45, 7) is 5.18. The molecule has 3 N–H and O–H groups in total. The van der Waals surface area contributed by atoms with Gasteiger partial charge in [0.15, 0.2) is 0 Å². The van der Waals surface area contributed by atoms with E-state index in [2.05, 4.69) is 10.6 Å². The molecular weight excluding hydrogens is 244 g/mol. The van der Waals surface area contributed by atoms with Crippen molar-refractivity contribution in [3.05, 3.63) is 0 Å². The van der Waals surface area contributed by atoms with E-state index in [1.807, 2.05) is 13.8 Å². The summed E-state index contributed by atoms with van der Waals surface area (Å²) in [5.74, 6) is -0.643. The molecule has 1 rings (SSSR count). The van der Waals surface area contributed by atoms with Gasteiger partial charge in [0.2, 0.25) is 5.91 Å². The third-order valence-electron chi connectivity index (χ3n) is 3.61. The Morgan fingerprint density at radius 2 is 1.95 bits per heavy atom. The van der Waals surface area contributed by atoms with Crippen molar-refractivity contribution in [1.82, 2.24) is 10.6 Å². The van der Waals surface area contributed by atoms with Crippen LogP contribution in [-0.4, -0.2) is 36.1 Å². The highest BCUT2D eigenvalue weighted by molar-refractivity contribution is 5.76. The van der Waals surface area contributed by atoms with Crippen molar-refractivity contribution in [2.75, 3.05) is 13.1 Å². The first-order valence-corrected chi connectivity index (χ1v) is 7.23. The molecule has 110 valence electrons. The number of rotatable bonds is 7. The van der Waals surface area contributed by atoms with Gasteiger partial charge in [-0.3, -0.25) is 9.59 Å². The van der Waals surface area contributed by atoms with Crippen molar-refractivity contribution in [1.29, 1.82) is 0 Å². The number of nitrogens with one attached hydrogen (secondary N) is 2. The smallest absolute Gasteiger partial charge is 0.306 e. The van der Waals surface area contributed by atoms with Crippen LogP contribution in [0.5, 0.6) is 0 Å². The lowest BCUT2D eigenvalue weighted by Gasteiger charge is -2.28. The van der Waals surface area contributed by atoms with Crippen LogP contribution in [0.3, 0.4) is 0 Å². The van der Waals surface area contributed by atoms with Crippen LogP contribution >= 0.6 is 0 Å². The molecule has 5 heteroatoms. The molecule has 1 fully saturated rings. The molecule has 0 aromatic carbocycles. The number of carbonyl (C=O) groups excluding carboxylic acids is 1. The maximum absolute atomic E-state index is 11.4. The Hall–Kier alpha value is -1.10. The number of amides is 1. The van der Waals surface area contributed by atoms with E-state index in [0.717, 1.165) is 25.7 Å². The van der Waals surface area contributed by atoms with Crippen molar-refractivity contribution in [2.45, 2.75) is 52.0 Å². The molecule has 1 aliphatic rings. The maximum Gasteiger partial charge on any atom is 0.306 e. The third kappa shape index (κ3) is 6.05. The van der Waals surface area contributed by atoms with Gasteiger partial charge < -0.3 is 15.7 Å². The minimum atomic E-state index is -0.677. The Labute approximate surface area is 115 Å². The van der Waals surface area contributed by atoms with Crippen LogP contribution < -0.4 is 10.6 Å². The zero-order valence-corrected chi connectivity index (χ0v) is 11.9. The van der Waals surface area contributed by atoms with Crippen LogP contribution in [0.2, 0.25) is 0 Å². The fourth-order valence-electron chi connectivity index (χ4n) is 2.66. The second-order valence-electron chi connectivity index (χ2n) is 5.67. The first-order valence-electron chi connectivity index (χ1n) is 7.23. The molecule has 0 aromatic heterocycles. The first-order chi connectivity index (χ1) is 9.00. The quantitative estimate of drug-likeness (QED) is 0.611. The van der Waals surface area contributed by atoms with Gasteiger partial charge in [-0.15, -0.1) is 0 Å². The molecule has 2 unspecified atom stereocenters. The van der Waals surface area contributed by atoms with Crippen LogP contribution in [0.25, 0.3) is 0 Å². The van der Waals surface area contributed by atoms with Gasteiger partial charge in [0.1, 0.15) is 0 Å². The molecule has 0 radical (unpaired) electrons. The predicted octanol–water partition coefficient (Wildman–Crippen LogP) is 1.38. The number of carboxylic acid groups (broad SMARTS) is 1. The zero-order valence-electron chi connectivity index (χ0n) is 11.9. The van der Waals surface area contributed by atoms with Crippen LogP contribution in [0.15, 0.2) is 0 Å². The summed E-state index contributed by atoms with van der Waals surface area (Å²) in [5, 5.41) is 15.2. The molecule has 19 heavy (non-hydrogen) atoms. The molecule has 0 spiro atoms. The molecule has 0 bridgehead atoms. The standard InChI is InChI=1S/C14H26N2O3/c1-10(2)16-13(17)7-8-15-9-11-5-3-4-6-12(11)14(18)19/h10-12,15H,3-9H2,1-2H3,(H,16,17)(H,18,19). The molecular formula is C14H26N2O3. The summed E-state index contributed by atoms with van der Waals surface area (Å²) in [6, 6.07) is 0.169. The zero-order chi connectivity index (χ0) is 14.3. The van der Waals surface area contributed by atoms with Crippen molar-refractivity contribution in [2.24, 2.45) is 11.8 Å². The van der Waals surface area contributed by atoms with E-state index in [1.54, 1.807) is 0 Å². The summed E-state index contributed by atoms with van der Waals surface area (Å²) in [5.41, 5.74) is 0. The Bertz CT molecular complexity index is 305. The van der Waals surface area contributed by atoms with E-state index in [-0.39, 0.29) is 23.8 Å². The first kappa shape index (κ1) is 16.0. The van der Waals surface area contributed by atoms with Gasteiger partial charge in [-0.05, 0) is 39.2 Å². The molecule has 5 nitrogen and oxygen atoms in total. The van der Waals surface area contributed by atoms with Crippen molar-refractivity contribution in [3.63, 3.8) is 0 Å². The van der Waals surface area contributed by atoms with Crippen LogP contribution in [0.4, 0.5) is 0 Å². The summed E-state index contributed by atoms with van der Waals surface area (Å²) >= 11 is 0. The minimum absolute atomic E-state index is 0.0425. The normalized spacial score (nSPS) is 23.3. The highest BCUT2D eigenvalue weighted by Crippen LogP contribution is 2.29. The van der Waals surface area contributed by atoms with Gasteiger partial charge in [-0.2, -0.15) is 0 Å². The molecule has 1 saturated carbocycles. The minimum Gasteiger partial charge on any atom is -0.481 e. The Morgan fingerprint density at radius 3 is 2.58 bits per heavy atom. The number of carboxylic acids is 1. The van der Waals surface area contributed by atoms with Crippen LogP contribution in [0, 0.1) is 11.8 Å². The summed E-state index contributed by atoms with van der Waals surface area (Å²) in [6.07, 6.45) is 4.34. The lowest BCUT2D eigenvalue weighted by Crippen LogP contribution is -2.37. The second-order valence-corrected chi connectivity index (χ2v) is 5.67. The highest BCUT2D eigenvalue weighted by atomic mass is 16.4. The highest BCUT2D eigenvalue weighted by Gasteiger charge is 2.30. The van der Waals surface area contributed by atoms with E-state index >= 15 is 0 Å². The Kier molecular flexibility index (Phi) is 6.84. The van der Waals surface area contributed by atoms with E-state index in [9.17, 15) is 9.59 Å². The van der Waals surface area contributed by atoms with E-state index < -0.39 is 5.97 Å². The molecule has 1 amide bonds. The van der Waals surface area contributed by atoms with Crippen molar-refractivity contribution >= 4 is 11.9 Å². The molecule has 0 saturated heterocycles. The van der Waals surface area contributed by atoms with Crippen LogP contribution in [0.1, 0.15) is 46.0 Å². The van der Waals surface area contributed by atoms with Crippen molar-refractivity contribution in [3.8, 4) is 0 Å². The lowest BCUT2D eigenvalue weighted by atomic mass is 9.79. The monoisotopic (exact) mass is 270 g/mol. The van der Waals surface area contributed by atoms with E-state index in [0.29, 0.717) is 19.5 Å². The van der Waals surface area contributed by atoms with Gasteiger partial charge >= 0.3 is 5.97 Å². The average molecular weight is 270 g/mol. The molecule has 1 aliphatic carbocycles. The molecule has 0 aromatic rings. The fourth-order valence-corrected chi connectivity index (χ4v) is 2.66. The van der Waals surface area contributed by atoms with Gasteiger partial charge in [0, 0.05) is 19.0 Å². The third-order valence-corrected chi connectivity index (χ3v) is 3.61. The second kappa shape index (κ2) is 8.15. The number of aliphatic carboxylic acids is 1.